The summed E-state index contributed by atoms with van der Waals surface area (Å²) in [5.41, 5.74) is 5.54. The van der Waals surface area contributed by atoms with Crippen molar-refractivity contribution in [2.24, 2.45) is 10.9 Å². The predicted octanol–water partition coefficient (Wildman–Crippen LogP) is 4.94. The first-order valence-electron chi connectivity index (χ1n) is 9.92. The summed E-state index contributed by atoms with van der Waals surface area (Å²) in [6.45, 7) is 2.29. The van der Waals surface area contributed by atoms with E-state index in [-0.39, 0.29) is 11.9 Å². The molecule has 0 bridgehead atoms. The molecule has 1 saturated carbocycles. The number of para-hydroxylation sites is 1. The first-order chi connectivity index (χ1) is 12.8. The fraction of sp³-hybridized carbons (Fsp3) is 0.500. The van der Waals surface area contributed by atoms with E-state index in [4.69, 9.17) is 14.7 Å². The van der Waals surface area contributed by atoms with Crippen molar-refractivity contribution in [3.05, 3.63) is 35.5 Å². The smallest absolute Gasteiger partial charge is 0.314 e. The average Bonchev–Trinajstić information content (AvgIpc) is 2.68. The van der Waals surface area contributed by atoms with E-state index >= 15 is 0 Å². The molecule has 0 aliphatic heterocycles. The van der Waals surface area contributed by atoms with Crippen LogP contribution < -0.4 is 0 Å². The summed E-state index contributed by atoms with van der Waals surface area (Å²) in [5.74, 6) is -0.298. The summed E-state index contributed by atoms with van der Waals surface area (Å²) in [7, 11) is 0. The Kier molecular flexibility index (Phi) is 5.00. The highest BCUT2D eigenvalue weighted by Gasteiger charge is 2.29. The normalized spacial score (nSPS) is 21.6. The highest BCUT2D eigenvalue weighted by atomic mass is 16.5. The van der Waals surface area contributed by atoms with E-state index in [0.717, 1.165) is 60.8 Å². The van der Waals surface area contributed by atoms with Gasteiger partial charge >= 0.3 is 5.97 Å². The monoisotopic (exact) mass is 350 g/mol. The Hall–Kier alpha value is -2.23. The van der Waals surface area contributed by atoms with E-state index in [2.05, 4.69) is 12.1 Å². The SMILES string of the molecule is CCOC(=O)C1CCCCC1=Nc1c2c(nc3ccccc13)CCCC2. The maximum absolute atomic E-state index is 12.4. The Morgan fingerprint density at radius 1 is 1.15 bits per heavy atom. The minimum absolute atomic E-state index is 0.113. The number of aromatic nitrogens is 1. The number of fused-ring (bicyclic) bond motifs is 2. The summed E-state index contributed by atoms with van der Waals surface area (Å²) in [6, 6.07) is 8.26. The second kappa shape index (κ2) is 7.56. The molecule has 1 aromatic heterocycles. The van der Waals surface area contributed by atoms with Crippen molar-refractivity contribution in [1.29, 1.82) is 0 Å². The quantitative estimate of drug-likeness (QED) is 0.737. The largest absolute Gasteiger partial charge is 0.465 e. The zero-order valence-corrected chi connectivity index (χ0v) is 15.5. The van der Waals surface area contributed by atoms with Gasteiger partial charge in [-0.2, -0.15) is 0 Å². The zero-order chi connectivity index (χ0) is 17.9. The molecule has 2 aromatic rings. The molecule has 1 aromatic carbocycles. The standard InChI is InChI=1S/C22H26N2O2/c1-2-26-22(25)17-11-5-8-14-20(17)24-21-15-9-3-6-12-18(15)23-19-13-7-4-10-16(19)21/h3,6,9,12,17H,2,4-5,7-8,10-11,13-14H2,1H3. The number of esters is 1. The molecule has 1 unspecified atom stereocenters. The fourth-order valence-corrected chi connectivity index (χ4v) is 4.24. The molecular formula is C22H26N2O2. The molecule has 1 fully saturated rings. The predicted molar refractivity (Wildman–Crippen MR) is 104 cm³/mol. The molecule has 4 heteroatoms. The van der Waals surface area contributed by atoms with Crippen molar-refractivity contribution >= 4 is 28.3 Å². The van der Waals surface area contributed by atoms with E-state index in [1.165, 1.54) is 24.1 Å². The topological polar surface area (TPSA) is 51.5 Å². The van der Waals surface area contributed by atoms with Crippen molar-refractivity contribution in [1.82, 2.24) is 4.98 Å². The fourth-order valence-electron chi connectivity index (χ4n) is 4.24. The van der Waals surface area contributed by atoms with Gasteiger partial charge in [-0.3, -0.25) is 14.8 Å². The number of carbonyl (C=O) groups excluding carboxylic acids is 1. The van der Waals surface area contributed by atoms with Crippen LogP contribution in [0.1, 0.15) is 56.7 Å². The van der Waals surface area contributed by atoms with Gasteiger partial charge in [-0.1, -0.05) is 24.6 Å². The molecule has 1 heterocycles. The number of ether oxygens (including phenoxy) is 1. The average molecular weight is 350 g/mol. The van der Waals surface area contributed by atoms with E-state index in [1.807, 2.05) is 19.1 Å². The summed E-state index contributed by atoms with van der Waals surface area (Å²) in [5, 5.41) is 1.11. The highest BCUT2D eigenvalue weighted by molar-refractivity contribution is 6.05. The lowest BCUT2D eigenvalue weighted by molar-refractivity contribution is -0.146. The van der Waals surface area contributed by atoms with Crippen molar-refractivity contribution in [3.8, 4) is 0 Å². The van der Waals surface area contributed by atoms with Gasteiger partial charge in [0.1, 0.15) is 0 Å². The van der Waals surface area contributed by atoms with Crippen LogP contribution >= 0.6 is 0 Å². The molecule has 0 saturated heterocycles. The van der Waals surface area contributed by atoms with Crippen molar-refractivity contribution < 1.29 is 9.53 Å². The van der Waals surface area contributed by atoms with Gasteiger partial charge in [0.15, 0.2) is 0 Å². The van der Waals surface area contributed by atoms with Gasteiger partial charge in [0.2, 0.25) is 0 Å². The van der Waals surface area contributed by atoms with E-state index < -0.39 is 0 Å². The van der Waals surface area contributed by atoms with Gasteiger partial charge in [-0.05, 0) is 63.5 Å². The highest BCUT2D eigenvalue weighted by Crippen LogP contribution is 2.37. The van der Waals surface area contributed by atoms with Crippen molar-refractivity contribution in [2.45, 2.75) is 58.3 Å². The third kappa shape index (κ3) is 3.25. The molecular weight excluding hydrogens is 324 g/mol. The van der Waals surface area contributed by atoms with Gasteiger partial charge in [0, 0.05) is 16.8 Å². The van der Waals surface area contributed by atoms with Crippen molar-refractivity contribution in [2.75, 3.05) is 6.61 Å². The van der Waals surface area contributed by atoms with Crippen LogP contribution in [0.5, 0.6) is 0 Å². The van der Waals surface area contributed by atoms with Crippen LogP contribution in [0.25, 0.3) is 10.9 Å². The summed E-state index contributed by atoms with van der Waals surface area (Å²) < 4.78 is 5.32. The lowest BCUT2D eigenvalue weighted by atomic mass is 9.86. The van der Waals surface area contributed by atoms with Crippen LogP contribution in [0.2, 0.25) is 0 Å². The van der Waals surface area contributed by atoms with Gasteiger partial charge in [-0.15, -0.1) is 0 Å². The van der Waals surface area contributed by atoms with E-state index in [0.29, 0.717) is 6.61 Å². The minimum atomic E-state index is -0.185. The third-order valence-corrected chi connectivity index (χ3v) is 5.54. The number of nitrogens with zero attached hydrogens (tertiary/aromatic N) is 2. The number of aryl methyl sites for hydroxylation is 1. The van der Waals surface area contributed by atoms with Crippen LogP contribution in [-0.4, -0.2) is 23.3 Å². The molecule has 0 spiro atoms. The van der Waals surface area contributed by atoms with Crippen LogP contribution in [0.4, 0.5) is 5.69 Å². The molecule has 136 valence electrons. The molecule has 1 atom stereocenters. The summed E-state index contributed by atoms with van der Waals surface area (Å²) >= 11 is 0. The first-order valence-corrected chi connectivity index (χ1v) is 9.92. The molecule has 4 nitrogen and oxygen atoms in total. The summed E-state index contributed by atoms with van der Waals surface area (Å²) in [4.78, 5) is 22.4. The third-order valence-electron chi connectivity index (χ3n) is 5.54. The van der Waals surface area contributed by atoms with Gasteiger partial charge in [-0.25, -0.2) is 0 Å². The molecule has 0 amide bonds. The Balaban J connectivity index is 1.84. The molecule has 0 N–H and O–H groups in total. The Morgan fingerprint density at radius 2 is 1.96 bits per heavy atom. The van der Waals surface area contributed by atoms with E-state index in [1.54, 1.807) is 0 Å². The van der Waals surface area contributed by atoms with Crippen LogP contribution in [0.15, 0.2) is 29.3 Å². The second-order valence-electron chi connectivity index (χ2n) is 7.26. The molecule has 26 heavy (non-hydrogen) atoms. The Morgan fingerprint density at radius 3 is 2.85 bits per heavy atom. The summed E-state index contributed by atoms with van der Waals surface area (Å²) in [6.07, 6.45) is 8.34. The van der Waals surface area contributed by atoms with Gasteiger partial charge in [0.25, 0.3) is 0 Å². The number of benzene rings is 1. The Bertz CT molecular complexity index is 857. The lowest BCUT2D eigenvalue weighted by Gasteiger charge is -2.24. The number of hydrogen-bond acceptors (Lipinski definition) is 4. The molecule has 4 rings (SSSR count). The van der Waals surface area contributed by atoms with Crippen LogP contribution in [0, 0.1) is 5.92 Å². The maximum Gasteiger partial charge on any atom is 0.314 e. The lowest BCUT2D eigenvalue weighted by Crippen LogP contribution is -2.29. The van der Waals surface area contributed by atoms with Crippen LogP contribution in [0.3, 0.4) is 0 Å². The van der Waals surface area contributed by atoms with Crippen molar-refractivity contribution in [3.63, 3.8) is 0 Å². The first kappa shape index (κ1) is 17.2. The van der Waals surface area contributed by atoms with Crippen LogP contribution in [-0.2, 0) is 22.4 Å². The maximum atomic E-state index is 12.4. The Labute approximate surface area is 154 Å². The number of pyridine rings is 1. The number of hydrogen-bond donors (Lipinski definition) is 0. The zero-order valence-electron chi connectivity index (χ0n) is 15.5. The van der Waals surface area contributed by atoms with Gasteiger partial charge < -0.3 is 4.74 Å². The van der Waals surface area contributed by atoms with E-state index in [9.17, 15) is 4.79 Å². The molecule has 2 aliphatic rings. The number of rotatable bonds is 3. The molecule has 2 aliphatic carbocycles. The second-order valence-corrected chi connectivity index (χ2v) is 7.26. The van der Waals surface area contributed by atoms with Gasteiger partial charge in [0.05, 0.1) is 23.7 Å². The number of carbonyl (C=O) groups is 1. The minimum Gasteiger partial charge on any atom is -0.465 e. The molecule has 0 radical (unpaired) electrons. The number of aliphatic imine (C=N–C) groups is 1.